The third-order valence-electron chi connectivity index (χ3n) is 3.48. The molecule has 92 valence electrons. The summed E-state index contributed by atoms with van der Waals surface area (Å²) in [4.78, 5) is 15.0. The van der Waals surface area contributed by atoms with Gasteiger partial charge in [0, 0.05) is 18.9 Å². The molecule has 0 fully saturated rings. The van der Waals surface area contributed by atoms with E-state index < -0.39 is 5.97 Å². The van der Waals surface area contributed by atoms with E-state index in [1.165, 1.54) is 16.7 Å². The second kappa shape index (κ2) is 4.29. The maximum Gasteiger partial charge on any atom is 0.307 e. The fourth-order valence-electron chi connectivity index (χ4n) is 2.54. The monoisotopic (exact) mass is 242 g/mol. The Labute approximate surface area is 105 Å². The summed E-state index contributed by atoms with van der Waals surface area (Å²) in [5, 5.41) is 9.05. The van der Waals surface area contributed by atoms with Gasteiger partial charge in [0.05, 0.1) is 12.2 Å². The summed E-state index contributed by atoms with van der Waals surface area (Å²) in [7, 11) is 0. The van der Waals surface area contributed by atoms with Crippen LogP contribution in [0, 0.1) is 5.92 Å². The highest BCUT2D eigenvalue weighted by atomic mass is 16.4. The molecule has 0 amide bonds. The SMILES string of the molecule is O=C(O)C1Cc2ccc(Cn3ccnc3)cc2C1. The van der Waals surface area contributed by atoms with Crippen molar-refractivity contribution in [3.05, 3.63) is 53.6 Å². The van der Waals surface area contributed by atoms with Crippen LogP contribution in [0.5, 0.6) is 0 Å². The fraction of sp³-hybridized carbons (Fsp3) is 0.286. The lowest BCUT2D eigenvalue weighted by Gasteiger charge is -2.05. The van der Waals surface area contributed by atoms with E-state index in [2.05, 4.69) is 23.2 Å². The van der Waals surface area contributed by atoms with Gasteiger partial charge in [-0.3, -0.25) is 4.79 Å². The Morgan fingerprint density at radius 2 is 2.22 bits per heavy atom. The molecule has 0 aliphatic heterocycles. The van der Waals surface area contributed by atoms with Crippen molar-refractivity contribution in [2.24, 2.45) is 5.92 Å². The first kappa shape index (κ1) is 11.0. The van der Waals surface area contributed by atoms with Crippen LogP contribution in [0.25, 0.3) is 0 Å². The predicted octanol–water partition coefficient (Wildman–Crippen LogP) is 1.73. The summed E-state index contributed by atoms with van der Waals surface area (Å²) >= 11 is 0. The van der Waals surface area contributed by atoms with Crippen LogP contribution >= 0.6 is 0 Å². The number of benzene rings is 1. The molecule has 1 aliphatic carbocycles. The molecule has 1 aliphatic rings. The second-order valence-corrected chi connectivity index (χ2v) is 4.78. The third-order valence-corrected chi connectivity index (χ3v) is 3.48. The predicted molar refractivity (Wildman–Crippen MR) is 66.3 cm³/mol. The number of hydrogen-bond acceptors (Lipinski definition) is 2. The minimum atomic E-state index is -0.692. The number of hydrogen-bond donors (Lipinski definition) is 1. The average Bonchev–Trinajstić information content (AvgIpc) is 2.96. The van der Waals surface area contributed by atoms with Crippen molar-refractivity contribution < 1.29 is 9.90 Å². The van der Waals surface area contributed by atoms with E-state index in [1.807, 2.05) is 10.8 Å². The zero-order chi connectivity index (χ0) is 12.5. The first-order chi connectivity index (χ1) is 8.72. The molecule has 4 heteroatoms. The molecule has 0 saturated carbocycles. The number of carboxylic acids is 1. The summed E-state index contributed by atoms with van der Waals surface area (Å²) in [6.07, 6.45) is 6.78. The topological polar surface area (TPSA) is 55.1 Å². The van der Waals surface area contributed by atoms with E-state index >= 15 is 0 Å². The molecule has 2 aromatic rings. The maximum atomic E-state index is 11.0. The van der Waals surface area contributed by atoms with Crippen molar-refractivity contribution in [2.45, 2.75) is 19.4 Å². The molecule has 1 aromatic heterocycles. The molecule has 1 aromatic carbocycles. The van der Waals surface area contributed by atoms with Crippen LogP contribution in [0.1, 0.15) is 16.7 Å². The first-order valence-corrected chi connectivity index (χ1v) is 6.01. The number of aromatic nitrogens is 2. The van der Waals surface area contributed by atoms with E-state index in [9.17, 15) is 4.79 Å². The normalized spacial score (nSPS) is 17.7. The van der Waals surface area contributed by atoms with Crippen LogP contribution in [-0.2, 0) is 24.2 Å². The number of rotatable bonds is 3. The Hall–Kier alpha value is -2.10. The number of aliphatic carboxylic acids is 1. The number of carboxylic acid groups (broad SMARTS) is 1. The Bertz CT molecular complexity index is 575. The molecule has 18 heavy (non-hydrogen) atoms. The Balaban J connectivity index is 1.81. The van der Waals surface area contributed by atoms with Crippen LogP contribution in [0.2, 0.25) is 0 Å². The molecule has 1 N–H and O–H groups in total. The van der Waals surface area contributed by atoms with Crippen LogP contribution in [0.15, 0.2) is 36.9 Å². The van der Waals surface area contributed by atoms with Crippen molar-refractivity contribution in [3.63, 3.8) is 0 Å². The van der Waals surface area contributed by atoms with Gasteiger partial charge in [0.15, 0.2) is 0 Å². The van der Waals surface area contributed by atoms with Crippen molar-refractivity contribution >= 4 is 5.97 Å². The Kier molecular flexibility index (Phi) is 2.63. The average molecular weight is 242 g/mol. The van der Waals surface area contributed by atoms with E-state index in [4.69, 9.17) is 5.11 Å². The molecule has 0 saturated heterocycles. The second-order valence-electron chi connectivity index (χ2n) is 4.78. The summed E-state index contributed by atoms with van der Waals surface area (Å²) < 4.78 is 2.01. The van der Waals surface area contributed by atoms with Crippen molar-refractivity contribution in [1.82, 2.24) is 9.55 Å². The summed E-state index contributed by atoms with van der Waals surface area (Å²) in [5.74, 6) is -0.939. The third kappa shape index (κ3) is 2.01. The van der Waals surface area contributed by atoms with Gasteiger partial charge in [-0.25, -0.2) is 4.98 Å². The van der Waals surface area contributed by atoms with E-state index in [1.54, 1.807) is 12.5 Å². The lowest BCUT2D eigenvalue weighted by Crippen LogP contribution is -2.12. The van der Waals surface area contributed by atoms with Crippen LogP contribution in [-0.4, -0.2) is 20.6 Å². The highest BCUT2D eigenvalue weighted by Crippen LogP contribution is 2.28. The zero-order valence-corrected chi connectivity index (χ0v) is 9.91. The lowest BCUT2D eigenvalue weighted by molar-refractivity contribution is -0.141. The smallest absolute Gasteiger partial charge is 0.307 e. The van der Waals surface area contributed by atoms with Gasteiger partial charge in [0.1, 0.15) is 0 Å². The molecule has 0 bridgehead atoms. The van der Waals surface area contributed by atoms with Crippen LogP contribution in [0.3, 0.4) is 0 Å². The van der Waals surface area contributed by atoms with Crippen molar-refractivity contribution in [2.75, 3.05) is 0 Å². The highest BCUT2D eigenvalue weighted by Gasteiger charge is 2.26. The Morgan fingerprint density at radius 1 is 1.39 bits per heavy atom. The summed E-state index contributed by atoms with van der Waals surface area (Å²) in [5.41, 5.74) is 3.55. The number of carbonyl (C=O) groups is 1. The minimum absolute atomic E-state index is 0.247. The van der Waals surface area contributed by atoms with Crippen molar-refractivity contribution in [3.8, 4) is 0 Å². The summed E-state index contributed by atoms with van der Waals surface area (Å²) in [6, 6.07) is 6.26. The van der Waals surface area contributed by atoms with Gasteiger partial charge in [-0.05, 0) is 29.5 Å². The van der Waals surface area contributed by atoms with Gasteiger partial charge in [-0.1, -0.05) is 18.2 Å². The molecular formula is C14H14N2O2. The fourth-order valence-corrected chi connectivity index (χ4v) is 2.54. The largest absolute Gasteiger partial charge is 0.481 e. The first-order valence-electron chi connectivity index (χ1n) is 6.01. The van der Waals surface area contributed by atoms with Gasteiger partial charge >= 0.3 is 5.97 Å². The van der Waals surface area contributed by atoms with E-state index in [0.717, 1.165) is 6.54 Å². The van der Waals surface area contributed by atoms with Gasteiger partial charge in [0.2, 0.25) is 0 Å². The van der Waals surface area contributed by atoms with Gasteiger partial charge in [-0.2, -0.15) is 0 Å². The quantitative estimate of drug-likeness (QED) is 0.891. The molecule has 4 nitrogen and oxygen atoms in total. The number of nitrogens with zero attached hydrogens (tertiary/aromatic N) is 2. The standard InChI is InChI=1S/C14H14N2O2/c17-14(18)13-6-11-2-1-10(5-12(11)7-13)8-16-4-3-15-9-16/h1-5,9,13H,6-8H2,(H,17,18). The molecule has 1 unspecified atom stereocenters. The summed E-state index contributed by atoms with van der Waals surface area (Å²) in [6.45, 7) is 0.783. The van der Waals surface area contributed by atoms with E-state index in [0.29, 0.717) is 12.8 Å². The Morgan fingerprint density at radius 3 is 2.94 bits per heavy atom. The molecule has 0 spiro atoms. The number of imidazole rings is 1. The lowest BCUT2D eigenvalue weighted by atomic mass is 10.1. The molecular weight excluding hydrogens is 228 g/mol. The molecule has 1 heterocycles. The van der Waals surface area contributed by atoms with Gasteiger partial charge in [0.25, 0.3) is 0 Å². The van der Waals surface area contributed by atoms with Crippen LogP contribution < -0.4 is 0 Å². The highest BCUT2D eigenvalue weighted by molar-refractivity contribution is 5.72. The van der Waals surface area contributed by atoms with E-state index in [-0.39, 0.29) is 5.92 Å². The minimum Gasteiger partial charge on any atom is -0.481 e. The number of fused-ring (bicyclic) bond motifs is 1. The molecule has 1 atom stereocenters. The zero-order valence-electron chi connectivity index (χ0n) is 9.91. The molecule has 3 rings (SSSR count). The van der Waals surface area contributed by atoms with Crippen molar-refractivity contribution in [1.29, 1.82) is 0 Å². The van der Waals surface area contributed by atoms with Gasteiger partial charge in [-0.15, -0.1) is 0 Å². The van der Waals surface area contributed by atoms with Gasteiger partial charge < -0.3 is 9.67 Å². The molecule has 0 radical (unpaired) electrons. The van der Waals surface area contributed by atoms with Crippen LogP contribution in [0.4, 0.5) is 0 Å². The maximum absolute atomic E-state index is 11.0.